The monoisotopic (exact) mass is 300 g/mol. The third kappa shape index (κ3) is 3.70. The zero-order valence-electron chi connectivity index (χ0n) is 13.6. The molecule has 0 aliphatic carbocycles. The Morgan fingerprint density at radius 2 is 1.95 bits per heavy atom. The van der Waals surface area contributed by atoms with Crippen molar-refractivity contribution in [1.29, 1.82) is 0 Å². The van der Waals surface area contributed by atoms with Gasteiger partial charge >= 0.3 is 0 Å². The van der Waals surface area contributed by atoms with Gasteiger partial charge in [-0.2, -0.15) is 0 Å². The zero-order valence-corrected chi connectivity index (χ0v) is 13.6. The number of carbonyl (C=O) groups excluding carboxylic acids is 1. The van der Waals surface area contributed by atoms with Crippen molar-refractivity contribution in [3.63, 3.8) is 0 Å². The van der Waals surface area contributed by atoms with Gasteiger partial charge in [-0.15, -0.1) is 0 Å². The summed E-state index contributed by atoms with van der Waals surface area (Å²) in [5, 5.41) is 3.41. The Morgan fingerprint density at radius 1 is 1.23 bits per heavy atom. The van der Waals surface area contributed by atoms with Crippen molar-refractivity contribution in [2.75, 3.05) is 26.2 Å². The fourth-order valence-electron chi connectivity index (χ4n) is 3.97. The molecular formula is C19H28N2O. The highest BCUT2D eigenvalue weighted by Crippen LogP contribution is 2.29. The lowest BCUT2D eigenvalue weighted by molar-refractivity contribution is -0.131. The van der Waals surface area contributed by atoms with Gasteiger partial charge in [0.2, 0.25) is 5.91 Å². The zero-order chi connectivity index (χ0) is 15.4. The van der Waals surface area contributed by atoms with Gasteiger partial charge in [0, 0.05) is 25.4 Å². The average Bonchev–Trinajstić information content (AvgIpc) is 3.06. The van der Waals surface area contributed by atoms with Crippen LogP contribution in [0.1, 0.15) is 44.1 Å². The van der Waals surface area contributed by atoms with Crippen molar-refractivity contribution < 1.29 is 4.79 Å². The fraction of sp³-hybridized carbons (Fsp3) is 0.632. The van der Waals surface area contributed by atoms with E-state index in [-0.39, 0.29) is 0 Å². The average molecular weight is 300 g/mol. The predicted octanol–water partition coefficient (Wildman–Crippen LogP) is 3.03. The molecule has 120 valence electrons. The van der Waals surface area contributed by atoms with Crippen LogP contribution in [-0.2, 0) is 4.79 Å². The summed E-state index contributed by atoms with van der Waals surface area (Å²) < 4.78 is 0. The molecule has 3 nitrogen and oxygen atoms in total. The van der Waals surface area contributed by atoms with Crippen LogP contribution in [0, 0.1) is 11.8 Å². The molecule has 2 aliphatic heterocycles. The van der Waals surface area contributed by atoms with E-state index in [2.05, 4.69) is 47.5 Å². The summed E-state index contributed by atoms with van der Waals surface area (Å²) in [5.74, 6) is 2.13. The van der Waals surface area contributed by atoms with Crippen molar-refractivity contribution in [1.82, 2.24) is 10.2 Å². The van der Waals surface area contributed by atoms with Crippen LogP contribution in [0.25, 0.3) is 0 Å². The molecule has 1 aromatic rings. The molecule has 0 bridgehead atoms. The summed E-state index contributed by atoms with van der Waals surface area (Å²) in [6, 6.07) is 10.6. The second kappa shape index (κ2) is 7.28. The molecule has 0 radical (unpaired) electrons. The number of hydrogen-bond donors (Lipinski definition) is 1. The molecule has 22 heavy (non-hydrogen) atoms. The summed E-state index contributed by atoms with van der Waals surface area (Å²) >= 11 is 0. The largest absolute Gasteiger partial charge is 0.342 e. The van der Waals surface area contributed by atoms with Crippen molar-refractivity contribution >= 4 is 5.91 Å². The summed E-state index contributed by atoms with van der Waals surface area (Å²) in [6.07, 6.45) is 4.28. The Hall–Kier alpha value is -1.35. The van der Waals surface area contributed by atoms with Gasteiger partial charge in [0.1, 0.15) is 0 Å². The first-order valence-corrected chi connectivity index (χ1v) is 8.77. The normalized spacial score (nSPS) is 24.4. The molecule has 0 saturated carbocycles. The van der Waals surface area contributed by atoms with Crippen LogP contribution in [0.2, 0.25) is 0 Å². The number of likely N-dealkylation sites (tertiary alicyclic amines) is 1. The van der Waals surface area contributed by atoms with Crippen LogP contribution < -0.4 is 5.32 Å². The van der Waals surface area contributed by atoms with Crippen LogP contribution in [-0.4, -0.2) is 37.0 Å². The van der Waals surface area contributed by atoms with Crippen molar-refractivity contribution in [3.8, 4) is 0 Å². The van der Waals surface area contributed by atoms with Crippen LogP contribution in [0.3, 0.4) is 0 Å². The van der Waals surface area contributed by atoms with Crippen LogP contribution in [0.4, 0.5) is 0 Å². The molecule has 2 saturated heterocycles. The van der Waals surface area contributed by atoms with E-state index in [0.29, 0.717) is 17.7 Å². The number of piperidine rings is 1. The molecule has 3 heteroatoms. The molecule has 2 aliphatic rings. The number of nitrogens with zero attached hydrogens (tertiary/aromatic N) is 1. The summed E-state index contributed by atoms with van der Waals surface area (Å²) in [6.45, 7) is 6.32. The maximum atomic E-state index is 12.6. The Balaban J connectivity index is 1.51. The van der Waals surface area contributed by atoms with Crippen LogP contribution in [0.5, 0.6) is 0 Å². The number of rotatable bonds is 4. The molecule has 0 aromatic heterocycles. The molecule has 1 amide bonds. The lowest BCUT2D eigenvalue weighted by Crippen LogP contribution is -2.34. The number of amides is 1. The molecule has 2 heterocycles. The van der Waals surface area contributed by atoms with Gasteiger partial charge in [-0.1, -0.05) is 37.3 Å². The quantitative estimate of drug-likeness (QED) is 0.927. The molecule has 1 aromatic carbocycles. The SMILES string of the molecule is CC(CC(=O)N1CCC(c2ccccc2)C1)C1CCNCC1. The Morgan fingerprint density at radius 3 is 2.68 bits per heavy atom. The van der Waals surface area contributed by atoms with Gasteiger partial charge in [0.05, 0.1) is 0 Å². The smallest absolute Gasteiger partial charge is 0.222 e. The first kappa shape index (κ1) is 15.5. The molecular weight excluding hydrogens is 272 g/mol. The van der Waals surface area contributed by atoms with Crippen molar-refractivity contribution in [2.24, 2.45) is 11.8 Å². The summed E-state index contributed by atoms with van der Waals surface area (Å²) in [4.78, 5) is 14.7. The second-order valence-electron chi connectivity index (χ2n) is 7.00. The molecule has 3 rings (SSSR count). The van der Waals surface area contributed by atoms with E-state index in [4.69, 9.17) is 0 Å². The van der Waals surface area contributed by atoms with E-state index in [0.717, 1.165) is 44.9 Å². The van der Waals surface area contributed by atoms with E-state index in [1.54, 1.807) is 0 Å². The third-order valence-corrected chi connectivity index (χ3v) is 5.50. The molecule has 2 atom stereocenters. The minimum absolute atomic E-state index is 0.365. The van der Waals surface area contributed by atoms with Crippen molar-refractivity contribution in [3.05, 3.63) is 35.9 Å². The van der Waals surface area contributed by atoms with Crippen LogP contribution in [0.15, 0.2) is 30.3 Å². The number of nitrogens with one attached hydrogen (secondary N) is 1. The number of benzene rings is 1. The topological polar surface area (TPSA) is 32.3 Å². The number of hydrogen-bond acceptors (Lipinski definition) is 2. The highest BCUT2D eigenvalue weighted by atomic mass is 16.2. The summed E-state index contributed by atoms with van der Waals surface area (Å²) in [5.41, 5.74) is 1.38. The first-order chi connectivity index (χ1) is 10.7. The Labute approximate surface area is 134 Å². The maximum absolute atomic E-state index is 12.6. The second-order valence-corrected chi connectivity index (χ2v) is 7.00. The lowest BCUT2D eigenvalue weighted by Gasteiger charge is -2.29. The predicted molar refractivity (Wildman–Crippen MR) is 89.8 cm³/mol. The molecule has 2 unspecified atom stereocenters. The van der Waals surface area contributed by atoms with Gasteiger partial charge < -0.3 is 10.2 Å². The lowest BCUT2D eigenvalue weighted by atomic mass is 9.84. The van der Waals surface area contributed by atoms with E-state index >= 15 is 0 Å². The van der Waals surface area contributed by atoms with E-state index in [1.165, 1.54) is 18.4 Å². The molecule has 2 fully saturated rings. The maximum Gasteiger partial charge on any atom is 0.222 e. The standard InChI is InChI=1S/C19H28N2O/c1-15(16-7-10-20-11-8-16)13-19(22)21-12-9-18(14-21)17-5-3-2-4-6-17/h2-6,15-16,18,20H,7-14H2,1H3. The van der Waals surface area contributed by atoms with Crippen molar-refractivity contribution in [2.45, 2.75) is 38.5 Å². The summed E-state index contributed by atoms with van der Waals surface area (Å²) in [7, 11) is 0. The highest BCUT2D eigenvalue weighted by molar-refractivity contribution is 5.76. The van der Waals surface area contributed by atoms with E-state index < -0.39 is 0 Å². The Kier molecular flexibility index (Phi) is 5.14. The van der Waals surface area contributed by atoms with Gasteiger partial charge in [-0.25, -0.2) is 0 Å². The van der Waals surface area contributed by atoms with Gasteiger partial charge in [-0.05, 0) is 49.8 Å². The fourth-order valence-corrected chi connectivity index (χ4v) is 3.97. The van der Waals surface area contributed by atoms with Gasteiger partial charge in [-0.3, -0.25) is 4.79 Å². The van der Waals surface area contributed by atoms with E-state index in [9.17, 15) is 4.79 Å². The Bertz CT molecular complexity index is 481. The molecule has 1 N–H and O–H groups in total. The van der Waals surface area contributed by atoms with Crippen LogP contribution >= 0.6 is 0 Å². The highest BCUT2D eigenvalue weighted by Gasteiger charge is 2.29. The third-order valence-electron chi connectivity index (χ3n) is 5.50. The first-order valence-electron chi connectivity index (χ1n) is 8.77. The minimum Gasteiger partial charge on any atom is -0.342 e. The van der Waals surface area contributed by atoms with E-state index in [1.807, 2.05) is 0 Å². The minimum atomic E-state index is 0.365. The number of carbonyl (C=O) groups is 1. The van der Waals surface area contributed by atoms with Gasteiger partial charge in [0.15, 0.2) is 0 Å². The molecule has 0 spiro atoms. The van der Waals surface area contributed by atoms with Gasteiger partial charge in [0.25, 0.3) is 0 Å².